The zero-order valence-electron chi connectivity index (χ0n) is 54.1. The molecule has 4 amide bonds. The summed E-state index contributed by atoms with van der Waals surface area (Å²) in [5, 5.41) is 110. The molecule has 15 atom stereocenters. The first-order valence-electron chi connectivity index (χ1n) is 31.9. The zero-order valence-corrected chi connectivity index (χ0v) is 56.5. The summed E-state index contributed by atoms with van der Waals surface area (Å²) in [4.78, 5) is 65.5. The normalized spacial score (nSPS) is 26.1. The molecule has 5 aromatic carbocycles. The van der Waals surface area contributed by atoms with Gasteiger partial charge in [-0.05, 0) is 111 Å². The Morgan fingerprint density at radius 3 is 1.30 bits per heavy atom. The summed E-state index contributed by atoms with van der Waals surface area (Å²) >= 11 is 0.0272. The molecule has 6 aliphatic heterocycles. The minimum absolute atomic E-state index is 0.0239. The van der Waals surface area contributed by atoms with Gasteiger partial charge >= 0.3 is 23.5 Å². The number of carbonyl (C=O) groups excluding carboxylic acids is 4. The van der Waals surface area contributed by atoms with Crippen molar-refractivity contribution in [3.8, 4) is 40.2 Å². The molecule has 2 aromatic heterocycles. The molecule has 6 aliphatic rings. The number of rotatable bonds is 20. The van der Waals surface area contributed by atoms with E-state index in [1.54, 1.807) is 6.07 Å². The molecule has 0 radical (unpaired) electrons. The molecule has 0 bridgehead atoms. The van der Waals surface area contributed by atoms with Gasteiger partial charge in [-0.15, -0.1) is 22.7 Å². The Morgan fingerprint density at radius 1 is 0.510 bits per heavy atom. The molecule has 3 unspecified atom stereocenters. The lowest BCUT2D eigenvalue weighted by Crippen LogP contribution is -2.60. The van der Waals surface area contributed by atoms with Crippen molar-refractivity contribution in [1.29, 1.82) is 0 Å². The highest BCUT2D eigenvalue weighted by atomic mass is 32.2. The van der Waals surface area contributed by atoms with Crippen molar-refractivity contribution >= 4 is 69.4 Å². The number of hydrogen-bond acceptors (Lipinski definition) is 28. The van der Waals surface area contributed by atoms with E-state index < -0.39 is 135 Å². The van der Waals surface area contributed by atoms with Crippen molar-refractivity contribution in [3.05, 3.63) is 168 Å². The van der Waals surface area contributed by atoms with Gasteiger partial charge in [0.05, 0.1) is 62.0 Å². The van der Waals surface area contributed by atoms with E-state index in [0.29, 0.717) is 22.3 Å². The van der Waals surface area contributed by atoms with Crippen LogP contribution in [0.4, 0.5) is 21.0 Å². The van der Waals surface area contributed by atoms with E-state index in [4.69, 9.17) is 51.6 Å². The number of aliphatic hydroxyl groups is 10. The summed E-state index contributed by atoms with van der Waals surface area (Å²) < 4.78 is 86.0. The number of nitrogens with zero attached hydrogens (tertiary/aromatic N) is 4. The molecule has 31 nitrogen and oxygen atoms in total. The van der Waals surface area contributed by atoms with E-state index in [1.807, 2.05) is 22.9 Å². The van der Waals surface area contributed by atoms with E-state index in [1.165, 1.54) is 132 Å². The van der Waals surface area contributed by atoms with Gasteiger partial charge in [-0.25, -0.2) is 19.4 Å². The average molecular weight is 1470 g/mol. The topological polar surface area (TPSA) is 422 Å². The maximum Gasteiger partial charge on any atom is 0.416 e. The van der Waals surface area contributed by atoms with Gasteiger partial charge in [-0.3, -0.25) is 14.1 Å². The lowest BCUT2D eigenvalue weighted by Gasteiger charge is -2.39. The van der Waals surface area contributed by atoms with Crippen molar-refractivity contribution < 1.29 is 131 Å². The van der Waals surface area contributed by atoms with Crippen molar-refractivity contribution in [2.24, 2.45) is 0 Å². The Morgan fingerprint density at radius 2 is 0.922 bits per heavy atom. The molecular formula is C68H70N4O27S3. The monoisotopic (exact) mass is 1470 g/mol. The third kappa shape index (κ3) is 14.4. The van der Waals surface area contributed by atoms with Gasteiger partial charge < -0.3 is 112 Å². The first kappa shape index (κ1) is 71.6. The van der Waals surface area contributed by atoms with Crippen LogP contribution in [-0.4, -0.2) is 207 Å². The maximum atomic E-state index is 14.8. The summed E-state index contributed by atoms with van der Waals surface area (Å²) in [7, 11) is 2.66. The van der Waals surface area contributed by atoms with Gasteiger partial charge in [0, 0.05) is 47.8 Å². The molecule has 542 valence electrons. The summed E-state index contributed by atoms with van der Waals surface area (Å²) in [6, 6.07) is 23.6. The standard InChI is InChI=1S/C68H70N4O27S3/c1-89-47-18-41-43(71(63(83)45-22-53-36(11-13-100-53)24-69(45)61(41)81)67(85)93-28-32-3-7-38(8-4-32)95-65-59(79)57(77)55(75)51(26-73)97-65)20-49(47)91-30-34-15-35(17-40(16-34)99-102(87)88)31-92-50-21-44-42(19-48(50)90-2)62(82)70-25-37-12-14-101-54(37)23-46(70)64(84)72(44)68(86)94-29-33-5-9-39(10-6-33)96-66-60(80)58(78)56(76)52(27-74)98-66/h3-21,45-46,51-52,55-60,63-66,73-80,83-84H,22-31H2,1-2H3,(H,87,88)/t45-,46+,51-,52-,55+,56+,57+,58+,59-,60-,63?,64?,65-,66-/m1/s1. The maximum absolute atomic E-state index is 14.8. The van der Waals surface area contributed by atoms with Crippen LogP contribution in [0, 0.1) is 0 Å². The number of methoxy groups -OCH3 is 2. The number of amides is 4. The first-order chi connectivity index (χ1) is 49.1. The smallest absolute Gasteiger partial charge is 0.416 e. The molecule has 13 rings (SSSR count). The number of anilines is 2. The highest BCUT2D eigenvalue weighted by Gasteiger charge is 2.50. The second kappa shape index (κ2) is 30.3. The van der Waals surface area contributed by atoms with Crippen molar-refractivity contribution in [2.75, 3.05) is 37.2 Å². The number of fused-ring (bicyclic) bond motifs is 6. The van der Waals surface area contributed by atoms with E-state index in [9.17, 15) is 79.0 Å². The fourth-order valence-corrected chi connectivity index (χ4v) is 15.1. The van der Waals surface area contributed by atoms with Crippen molar-refractivity contribution in [1.82, 2.24) is 9.80 Å². The largest absolute Gasteiger partial charge is 0.493 e. The summed E-state index contributed by atoms with van der Waals surface area (Å²) in [5.41, 5.74) is 2.82. The first-order valence-corrected chi connectivity index (χ1v) is 34.7. The van der Waals surface area contributed by atoms with Crippen LogP contribution in [-0.2, 0) is 82.7 Å². The van der Waals surface area contributed by atoms with E-state index in [0.717, 1.165) is 30.7 Å². The van der Waals surface area contributed by atoms with Gasteiger partial charge in [0.1, 0.15) is 92.5 Å². The van der Waals surface area contributed by atoms with Gasteiger partial charge in [0.15, 0.2) is 35.5 Å². The minimum Gasteiger partial charge on any atom is -0.493 e. The van der Waals surface area contributed by atoms with Gasteiger partial charge in [0.25, 0.3) is 11.8 Å². The minimum atomic E-state index is -2.85. The van der Waals surface area contributed by atoms with Crippen molar-refractivity contribution in [2.45, 2.75) is 138 Å². The average Bonchev–Trinajstić information content (AvgIpc) is 1.60. The molecule has 7 aromatic rings. The number of thiophene rings is 2. The number of hydrogen-bond donors (Lipinski definition) is 11. The predicted molar refractivity (Wildman–Crippen MR) is 355 cm³/mol. The molecule has 11 N–H and O–H groups in total. The molecule has 8 heterocycles. The van der Waals surface area contributed by atoms with Crippen LogP contribution in [0.25, 0.3) is 0 Å². The van der Waals surface area contributed by atoms with E-state index >= 15 is 0 Å². The lowest BCUT2D eigenvalue weighted by atomic mass is 9.99. The molecule has 102 heavy (non-hydrogen) atoms. The van der Waals surface area contributed by atoms with Crippen LogP contribution in [0.15, 0.2) is 114 Å². The lowest BCUT2D eigenvalue weighted by molar-refractivity contribution is -0.277. The highest BCUT2D eigenvalue weighted by molar-refractivity contribution is 7.74. The Kier molecular flexibility index (Phi) is 21.2. The number of aliphatic hydroxyl groups excluding tert-OH is 10. The van der Waals surface area contributed by atoms with Gasteiger partial charge in [-0.1, -0.05) is 24.3 Å². The summed E-state index contributed by atoms with van der Waals surface area (Å²) in [5.74, 6) is -0.981. The molecule has 34 heteroatoms. The third-order valence-electron chi connectivity index (χ3n) is 18.4. The van der Waals surface area contributed by atoms with E-state index in [2.05, 4.69) is 0 Å². The van der Waals surface area contributed by atoms with Crippen LogP contribution in [0.2, 0.25) is 0 Å². The van der Waals surface area contributed by atoms with Crippen LogP contribution in [0.5, 0.6) is 40.2 Å². The molecule has 0 spiro atoms. The predicted octanol–water partition coefficient (Wildman–Crippen LogP) is 2.94. The SMILES string of the molecule is COc1cc2c(cc1OCc1cc(COc3cc4c(cc3OC)C(=O)N3Cc5ccsc5C[C@H]3C(O)N4C(=O)OCc3ccc(O[C@@H]4O[C@H](CO)[C@H](O)[C@H](O)[C@H]4O)cc3)cc(OS(=O)O)c1)N(C(=O)OCc1ccc(O[C@@H]3O[C@H](CO)[C@H](O)[C@H](O)[C@H]3O)cc1)C(O)[C@H]1Cc3sccc3CN1C2=O. The highest BCUT2D eigenvalue weighted by Crippen LogP contribution is 2.46. The number of ether oxygens (including phenoxy) is 10. The fraction of sp³-hybridized carbons (Fsp3) is 0.382. The Hall–Kier alpha value is -8.79. The zero-order chi connectivity index (χ0) is 71.9. The van der Waals surface area contributed by atoms with Crippen LogP contribution in [0.3, 0.4) is 0 Å². The Labute approximate surface area is 590 Å². The van der Waals surface area contributed by atoms with Crippen molar-refractivity contribution in [3.63, 3.8) is 0 Å². The number of benzene rings is 5. The Bertz CT molecular complexity index is 4000. The second-order valence-corrected chi connectivity index (χ2v) is 27.2. The van der Waals surface area contributed by atoms with Crippen LogP contribution >= 0.6 is 22.7 Å². The molecule has 0 aliphatic carbocycles. The number of carbonyl (C=O) groups is 4. The molecule has 0 saturated carbocycles. The summed E-state index contributed by atoms with van der Waals surface area (Å²) in [6.45, 7) is -2.57. The van der Waals surface area contributed by atoms with Gasteiger partial charge in [-0.2, -0.15) is 4.21 Å². The Balaban J connectivity index is 0.751. The molecule has 2 fully saturated rings. The fourth-order valence-electron chi connectivity index (χ4n) is 13.0. The molecule has 2 saturated heterocycles. The van der Waals surface area contributed by atoms with Gasteiger partial charge in [0.2, 0.25) is 12.6 Å². The van der Waals surface area contributed by atoms with Crippen LogP contribution in [0.1, 0.15) is 63.9 Å². The third-order valence-corrected chi connectivity index (χ3v) is 20.7. The van der Waals surface area contributed by atoms with E-state index in [-0.39, 0.29) is 115 Å². The quantitative estimate of drug-likeness (QED) is 0.0489. The molecular weight excluding hydrogens is 1400 g/mol. The van der Waals surface area contributed by atoms with Crippen LogP contribution < -0.4 is 42.4 Å². The second-order valence-electron chi connectivity index (χ2n) is 24.6. The summed E-state index contributed by atoms with van der Waals surface area (Å²) in [6.07, 6.45) is -20.4.